The van der Waals surface area contributed by atoms with Crippen molar-refractivity contribution < 1.29 is 9.32 Å². The molecule has 3 rings (SSSR count). The lowest BCUT2D eigenvalue weighted by Gasteiger charge is -2.04. The van der Waals surface area contributed by atoms with Crippen LogP contribution in [0.2, 0.25) is 0 Å². The van der Waals surface area contributed by atoms with Crippen LogP contribution in [0.5, 0.6) is 0 Å². The number of rotatable bonds is 3. The van der Waals surface area contributed by atoms with E-state index in [9.17, 15) is 4.79 Å². The van der Waals surface area contributed by atoms with Gasteiger partial charge in [0.15, 0.2) is 5.76 Å². The number of aromatic nitrogens is 2. The quantitative estimate of drug-likeness (QED) is 0.737. The van der Waals surface area contributed by atoms with E-state index in [2.05, 4.69) is 15.5 Å². The van der Waals surface area contributed by atoms with Gasteiger partial charge in [0.05, 0.1) is 12.7 Å². The Labute approximate surface area is 103 Å². The Hall–Kier alpha value is -2.56. The monoisotopic (exact) mass is 241 g/mol. The van der Waals surface area contributed by atoms with E-state index in [0.717, 1.165) is 10.9 Å². The third kappa shape index (κ3) is 1.86. The van der Waals surface area contributed by atoms with Gasteiger partial charge in [0, 0.05) is 28.7 Å². The Balaban J connectivity index is 1.81. The lowest BCUT2D eigenvalue weighted by atomic mass is 10.1. The molecule has 90 valence electrons. The van der Waals surface area contributed by atoms with Crippen LogP contribution >= 0.6 is 0 Å². The first-order valence-electron chi connectivity index (χ1n) is 5.58. The van der Waals surface area contributed by atoms with Gasteiger partial charge in [-0.05, 0) is 18.2 Å². The van der Waals surface area contributed by atoms with Crippen LogP contribution in [0, 0.1) is 0 Å². The summed E-state index contributed by atoms with van der Waals surface area (Å²) in [6.07, 6.45) is 3.37. The Morgan fingerprint density at radius 1 is 1.33 bits per heavy atom. The van der Waals surface area contributed by atoms with Gasteiger partial charge in [-0.15, -0.1) is 0 Å². The SMILES string of the molecule is O=C(NCc1ccno1)c1cccc2[nH]ccc12. The second-order valence-corrected chi connectivity index (χ2v) is 3.91. The molecule has 0 spiro atoms. The molecule has 0 aliphatic carbocycles. The molecule has 2 N–H and O–H groups in total. The fourth-order valence-corrected chi connectivity index (χ4v) is 1.88. The minimum Gasteiger partial charge on any atom is -0.361 e. The third-order valence-corrected chi connectivity index (χ3v) is 2.75. The standard InChI is InChI=1S/C13H11N3O2/c17-13(15-8-9-4-7-16-18-9)11-2-1-3-12-10(11)5-6-14-12/h1-7,14H,8H2,(H,15,17). The molecule has 0 radical (unpaired) electrons. The van der Waals surface area contributed by atoms with Crippen molar-refractivity contribution >= 4 is 16.8 Å². The molecule has 0 atom stereocenters. The molecule has 1 amide bonds. The molecule has 2 aromatic heterocycles. The van der Waals surface area contributed by atoms with Crippen molar-refractivity contribution in [3.05, 3.63) is 54.0 Å². The molecule has 5 nitrogen and oxygen atoms in total. The Kier molecular flexibility index (Phi) is 2.57. The maximum absolute atomic E-state index is 12.1. The summed E-state index contributed by atoms with van der Waals surface area (Å²) in [4.78, 5) is 15.1. The number of carbonyl (C=O) groups excluding carboxylic acids is 1. The number of nitrogens with one attached hydrogen (secondary N) is 2. The lowest BCUT2D eigenvalue weighted by Crippen LogP contribution is -2.22. The van der Waals surface area contributed by atoms with Gasteiger partial charge in [-0.1, -0.05) is 11.2 Å². The molecule has 0 bridgehead atoms. The maximum atomic E-state index is 12.1. The van der Waals surface area contributed by atoms with Crippen molar-refractivity contribution in [1.29, 1.82) is 0 Å². The topological polar surface area (TPSA) is 70.9 Å². The fourth-order valence-electron chi connectivity index (χ4n) is 1.88. The number of benzene rings is 1. The van der Waals surface area contributed by atoms with Crippen molar-refractivity contribution in [3.8, 4) is 0 Å². The van der Waals surface area contributed by atoms with Gasteiger partial charge in [-0.25, -0.2) is 0 Å². The number of nitrogens with zero attached hydrogens (tertiary/aromatic N) is 1. The summed E-state index contributed by atoms with van der Waals surface area (Å²) < 4.78 is 4.92. The molecule has 5 heteroatoms. The van der Waals surface area contributed by atoms with Crippen LogP contribution in [0.4, 0.5) is 0 Å². The van der Waals surface area contributed by atoms with E-state index in [-0.39, 0.29) is 5.91 Å². The van der Waals surface area contributed by atoms with Crippen molar-refractivity contribution in [3.63, 3.8) is 0 Å². The second kappa shape index (κ2) is 4.37. The van der Waals surface area contributed by atoms with Gasteiger partial charge in [0.2, 0.25) is 0 Å². The fraction of sp³-hybridized carbons (Fsp3) is 0.0769. The highest BCUT2D eigenvalue weighted by Crippen LogP contribution is 2.17. The molecule has 1 aromatic carbocycles. The number of hydrogen-bond acceptors (Lipinski definition) is 3. The number of H-pyrrole nitrogens is 1. The molecule has 2 heterocycles. The van der Waals surface area contributed by atoms with Crippen LogP contribution in [0.3, 0.4) is 0 Å². The zero-order chi connectivity index (χ0) is 12.4. The smallest absolute Gasteiger partial charge is 0.252 e. The molecular formula is C13H11N3O2. The molecule has 0 unspecified atom stereocenters. The van der Waals surface area contributed by atoms with Gasteiger partial charge in [0.25, 0.3) is 5.91 Å². The minimum atomic E-state index is -0.128. The van der Waals surface area contributed by atoms with Gasteiger partial charge in [0.1, 0.15) is 0 Å². The van der Waals surface area contributed by atoms with Gasteiger partial charge < -0.3 is 14.8 Å². The van der Waals surface area contributed by atoms with Crippen molar-refractivity contribution in [2.45, 2.75) is 6.54 Å². The first kappa shape index (κ1) is 10.6. The number of hydrogen-bond donors (Lipinski definition) is 2. The highest BCUT2D eigenvalue weighted by Gasteiger charge is 2.10. The summed E-state index contributed by atoms with van der Waals surface area (Å²) in [5.74, 6) is 0.501. The predicted octanol–water partition coefficient (Wildman–Crippen LogP) is 2.09. The molecule has 0 saturated carbocycles. The van der Waals surface area contributed by atoms with Crippen LogP contribution < -0.4 is 5.32 Å². The van der Waals surface area contributed by atoms with Crippen LogP contribution in [0.15, 0.2) is 47.2 Å². The first-order chi connectivity index (χ1) is 8.84. The molecule has 3 aromatic rings. The summed E-state index contributed by atoms with van der Waals surface area (Å²) in [6.45, 7) is 0.333. The summed E-state index contributed by atoms with van der Waals surface area (Å²) >= 11 is 0. The molecule has 0 aliphatic heterocycles. The zero-order valence-corrected chi connectivity index (χ0v) is 9.51. The second-order valence-electron chi connectivity index (χ2n) is 3.91. The summed E-state index contributed by atoms with van der Waals surface area (Å²) in [6, 6.07) is 9.19. The molecule has 0 saturated heterocycles. The zero-order valence-electron chi connectivity index (χ0n) is 9.51. The van der Waals surface area contributed by atoms with Crippen LogP contribution in [0.1, 0.15) is 16.1 Å². The summed E-state index contributed by atoms with van der Waals surface area (Å²) in [7, 11) is 0. The van der Waals surface area contributed by atoms with Gasteiger partial charge >= 0.3 is 0 Å². The van der Waals surface area contributed by atoms with Crippen LogP contribution in [-0.4, -0.2) is 16.0 Å². The Bertz CT molecular complexity index is 670. The average molecular weight is 241 g/mol. The van der Waals surface area contributed by atoms with E-state index in [1.165, 1.54) is 0 Å². The highest BCUT2D eigenvalue weighted by atomic mass is 16.5. The Morgan fingerprint density at radius 3 is 3.11 bits per heavy atom. The van der Waals surface area contributed by atoms with Crippen molar-refractivity contribution in [2.75, 3.05) is 0 Å². The van der Waals surface area contributed by atoms with Gasteiger partial charge in [-0.3, -0.25) is 4.79 Å². The molecular weight excluding hydrogens is 230 g/mol. The summed E-state index contributed by atoms with van der Waals surface area (Å²) in [5, 5.41) is 7.29. The van der Waals surface area contributed by atoms with E-state index in [0.29, 0.717) is 17.9 Å². The van der Waals surface area contributed by atoms with E-state index in [4.69, 9.17) is 4.52 Å². The molecule has 18 heavy (non-hydrogen) atoms. The minimum absolute atomic E-state index is 0.128. The molecule has 0 aliphatic rings. The largest absolute Gasteiger partial charge is 0.361 e. The van der Waals surface area contributed by atoms with E-state index < -0.39 is 0 Å². The lowest BCUT2D eigenvalue weighted by molar-refractivity contribution is 0.0948. The van der Waals surface area contributed by atoms with Crippen LogP contribution in [0.25, 0.3) is 10.9 Å². The number of fused-ring (bicyclic) bond motifs is 1. The average Bonchev–Trinajstić information content (AvgIpc) is 3.05. The van der Waals surface area contributed by atoms with Crippen molar-refractivity contribution in [1.82, 2.24) is 15.5 Å². The normalized spacial score (nSPS) is 10.7. The van der Waals surface area contributed by atoms with E-state index in [1.54, 1.807) is 18.3 Å². The highest BCUT2D eigenvalue weighted by molar-refractivity contribution is 6.06. The summed E-state index contributed by atoms with van der Waals surface area (Å²) in [5.41, 5.74) is 1.59. The number of aromatic amines is 1. The number of carbonyl (C=O) groups is 1. The van der Waals surface area contributed by atoms with E-state index >= 15 is 0 Å². The third-order valence-electron chi connectivity index (χ3n) is 2.75. The number of amides is 1. The van der Waals surface area contributed by atoms with Crippen LogP contribution in [-0.2, 0) is 6.54 Å². The van der Waals surface area contributed by atoms with Crippen molar-refractivity contribution in [2.24, 2.45) is 0 Å². The van der Waals surface area contributed by atoms with E-state index in [1.807, 2.05) is 24.4 Å². The van der Waals surface area contributed by atoms with Gasteiger partial charge in [-0.2, -0.15) is 0 Å². The predicted molar refractivity (Wildman–Crippen MR) is 66.0 cm³/mol. The maximum Gasteiger partial charge on any atom is 0.252 e. The Morgan fingerprint density at radius 2 is 2.28 bits per heavy atom. The molecule has 0 fully saturated rings. The first-order valence-corrected chi connectivity index (χ1v) is 5.58.